The van der Waals surface area contributed by atoms with Gasteiger partial charge in [0.2, 0.25) is 0 Å². The lowest BCUT2D eigenvalue weighted by atomic mass is 9.98. The zero-order valence-electron chi connectivity index (χ0n) is 9.03. The lowest BCUT2D eigenvalue weighted by molar-refractivity contribution is -0.141. The van der Waals surface area contributed by atoms with Crippen molar-refractivity contribution in [3.05, 3.63) is 11.8 Å². The third-order valence-electron chi connectivity index (χ3n) is 2.46. The molecule has 1 fully saturated rings. The number of nitrogens with one attached hydrogen (secondary N) is 1. The number of nitrogens with two attached hydrogens (primary N) is 1. The topological polar surface area (TPSA) is 87.7 Å². The van der Waals surface area contributed by atoms with Gasteiger partial charge in [0.15, 0.2) is 0 Å². The summed E-state index contributed by atoms with van der Waals surface area (Å²) in [6, 6.07) is 0.149. The molecule has 84 valence electrons. The van der Waals surface area contributed by atoms with Crippen LogP contribution in [-0.4, -0.2) is 23.3 Å². The van der Waals surface area contributed by atoms with E-state index in [2.05, 4.69) is 10.4 Å². The molecule has 15 heavy (non-hydrogen) atoms. The highest BCUT2D eigenvalue weighted by atomic mass is 16.4. The fourth-order valence-corrected chi connectivity index (χ4v) is 1.37. The van der Waals surface area contributed by atoms with Crippen molar-refractivity contribution in [3.8, 4) is 0 Å². The molecule has 0 saturated heterocycles. The molecule has 0 aromatic rings. The van der Waals surface area contributed by atoms with E-state index in [1.807, 2.05) is 13.8 Å². The van der Waals surface area contributed by atoms with Gasteiger partial charge >= 0.3 is 5.97 Å². The second-order valence-electron chi connectivity index (χ2n) is 4.03. The lowest BCUT2D eigenvalue weighted by Gasteiger charge is -2.10. The number of carbonyl (C=O) groups is 1. The van der Waals surface area contributed by atoms with E-state index in [9.17, 15) is 4.79 Å². The van der Waals surface area contributed by atoms with Gasteiger partial charge in [-0.2, -0.15) is 0 Å². The third kappa shape index (κ3) is 2.56. The summed E-state index contributed by atoms with van der Waals surface area (Å²) in [5.41, 5.74) is 2.26. The maximum Gasteiger partial charge on any atom is 0.314 e. The summed E-state index contributed by atoms with van der Waals surface area (Å²) >= 11 is 0. The van der Waals surface area contributed by atoms with Crippen molar-refractivity contribution >= 4 is 12.2 Å². The Morgan fingerprint density at radius 1 is 1.60 bits per heavy atom. The minimum absolute atomic E-state index is 0.149. The van der Waals surface area contributed by atoms with Crippen LogP contribution in [0.4, 0.5) is 0 Å². The Hall–Kier alpha value is -1.36. The lowest BCUT2D eigenvalue weighted by Crippen LogP contribution is -2.23. The first-order valence-corrected chi connectivity index (χ1v) is 4.96. The molecule has 0 radical (unpaired) electrons. The van der Waals surface area contributed by atoms with Gasteiger partial charge < -0.3 is 10.5 Å². The summed E-state index contributed by atoms with van der Waals surface area (Å²) < 4.78 is 0. The van der Waals surface area contributed by atoms with Gasteiger partial charge in [-0.25, -0.2) is 0 Å². The van der Waals surface area contributed by atoms with Crippen LogP contribution in [0.5, 0.6) is 0 Å². The molecule has 0 aliphatic heterocycles. The molecular weight excluding hydrogens is 194 g/mol. The van der Waals surface area contributed by atoms with Crippen LogP contribution in [-0.2, 0) is 4.79 Å². The zero-order valence-corrected chi connectivity index (χ0v) is 9.03. The van der Waals surface area contributed by atoms with E-state index in [1.54, 1.807) is 6.21 Å². The molecule has 5 heteroatoms. The minimum atomic E-state index is -0.806. The Morgan fingerprint density at radius 2 is 2.20 bits per heavy atom. The Kier molecular flexibility index (Phi) is 3.47. The summed E-state index contributed by atoms with van der Waals surface area (Å²) in [5.74, 6) is 4.37. The maximum absolute atomic E-state index is 11.1. The SMILES string of the molecule is CC(C)/N=C/C(=C\NN)C1(C(=O)O)CC1. The molecule has 0 aromatic heterocycles. The normalized spacial score (nSPS) is 19.6. The number of aliphatic carboxylic acids is 1. The van der Waals surface area contributed by atoms with Crippen LogP contribution in [0.15, 0.2) is 16.8 Å². The Balaban J connectivity index is 2.85. The van der Waals surface area contributed by atoms with Crippen molar-refractivity contribution in [3.63, 3.8) is 0 Å². The van der Waals surface area contributed by atoms with Crippen molar-refractivity contribution in [2.24, 2.45) is 16.3 Å². The predicted molar refractivity (Wildman–Crippen MR) is 58.3 cm³/mol. The monoisotopic (exact) mass is 211 g/mol. The second-order valence-corrected chi connectivity index (χ2v) is 4.03. The Labute approximate surface area is 89.0 Å². The van der Waals surface area contributed by atoms with Crippen LogP contribution in [0.2, 0.25) is 0 Å². The molecule has 1 saturated carbocycles. The van der Waals surface area contributed by atoms with Crippen LogP contribution in [0, 0.1) is 5.41 Å². The number of carboxylic acid groups (broad SMARTS) is 1. The van der Waals surface area contributed by atoms with E-state index in [0.717, 1.165) is 0 Å². The predicted octanol–water partition coefficient (Wildman–Crippen LogP) is 0.678. The largest absolute Gasteiger partial charge is 0.481 e. The molecule has 5 nitrogen and oxygen atoms in total. The van der Waals surface area contributed by atoms with Gasteiger partial charge in [-0.05, 0) is 26.7 Å². The quantitative estimate of drug-likeness (QED) is 0.354. The van der Waals surface area contributed by atoms with E-state index in [4.69, 9.17) is 10.9 Å². The molecule has 0 atom stereocenters. The molecule has 0 heterocycles. The highest BCUT2D eigenvalue weighted by Crippen LogP contribution is 2.51. The fraction of sp³-hybridized carbons (Fsp3) is 0.600. The van der Waals surface area contributed by atoms with E-state index in [0.29, 0.717) is 18.4 Å². The van der Waals surface area contributed by atoms with Gasteiger partial charge in [0, 0.05) is 24.0 Å². The van der Waals surface area contributed by atoms with Crippen molar-refractivity contribution in [2.45, 2.75) is 32.7 Å². The minimum Gasteiger partial charge on any atom is -0.481 e. The van der Waals surface area contributed by atoms with Gasteiger partial charge in [-0.3, -0.25) is 15.6 Å². The van der Waals surface area contributed by atoms with E-state index in [-0.39, 0.29) is 6.04 Å². The van der Waals surface area contributed by atoms with Crippen LogP contribution >= 0.6 is 0 Å². The molecule has 0 spiro atoms. The number of carboxylic acids is 1. The van der Waals surface area contributed by atoms with Crippen molar-refractivity contribution in [1.82, 2.24) is 5.43 Å². The first kappa shape index (κ1) is 11.7. The van der Waals surface area contributed by atoms with Crippen LogP contribution in [0.1, 0.15) is 26.7 Å². The number of hydrogen-bond donors (Lipinski definition) is 3. The van der Waals surface area contributed by atoms with Crippen LogP contribution in [0.25, 0.3) is 0 Å². The van der Waals surface area contributed by atoms with Crippen molar-refractivity contribution in [1.29, 1.82) is 0 Å². The molecule has 0 amide bonds. The summed E-state index contributed by atoms with van der Waals surface area (Å²) in [4.78, 5) is 15.3. The van der Waals surface area contributed by atoms with Crippen molar-refractivity contribution < 1.29 is 9.90 Å². The third-order valence-corrected chi connectivity index (χ3v) is 2.46. The molecule has 0 bridgehead atoms. The molecule has 0 unspecified atom stereocenters. The molecule has 1 aliphatic carbocycles. The summed E-state index contributed by atoms with van der Waals surface area (Å²) in [5, 5.41) is 9.09. The Bertz CT molecular complexity index is 304. The number of aliphatic imine (C=N–C) groups is 1. The number of nitrogens with zero attached hydrogens (tertiary/aromatic N) is 1. The molecule has 1 rings (SSSR count). The average molecular weight is 211 g/mol. The number of hydrogen-bond acceptors (Lipinski definition) is 4. The van der Waals surface area contributed by atoms with Crippen LogP contribution < -0.4 is 11.3 Å². The zero-order chi connectivity index (χ0) is 11.5. The average Bonchev–Trinajstić information content (AvgIpc) is 2.92. The van der Waals surface area contributed by atoms with Crippen LogP contribution in [0.3, 0.4) is 0 Å². The van der Waals surface area contributed by atoms with E-state index < -0.39 is 11.4 Å². The second kappa shape index (κ2) is 4.44. The van der Waals surface area contributed by atoms with Gasteiger partial charge in [0.05, 0.1) is 5.41 Å². The van der Waals surface area contributed by atoms with Gasteiger partial charge in [0.1, 0.15) is 0 Å². The number of hydrazine groups is 1. The highest BCUT2D eigenvalue weighted by Gasteiger charge is 2.52. The summed E-state index contributed by atoms with van der Waals surface area (Å²) in [6.45, 7) is 3.87. The van der Waals surface area contributed by atoms with Gasteiger partial charge in [-0.15, -0.1) is 0 Å². The molecule has 1 aliphatic rings. The maximum atomic E-state index is 11.1. The first-order chi connectivity index (χ1) is 7.03. The molecule has 4 N–H and O–H groups in total. The first-order valence-electron chi connectivity index (χ1n) is 4.96. The summed E-state index contributed by atoms with van der Waals surface area (Å²) in [6.07, 6.45) is 4.42. The van der Waals surface area contributed by atoms with Gasteiger partial charge in [-0.1, -0.05) is 0 Å². The molecule has 0 aromatic carbocycles. The standard InChI is InChI=1S/C10H17N3O2/c1-7(2)12-5-8(6-13-11)10(3-4-10)9(14)15/h5-7,13H,3-4,11H2,1-2H3,(H,14,15)/b8-6+,12-5+. The number of rotatable bonds is 5. The summed E-state index contributed by atoms with van der Waals surface area (Å²) in [7, 11) is 0. The van der Waals surface area contributed by atoms with E-state index >= 15 is 0 Å². The highest BCUT2D eigenvalue weighted by molar-refractivity contribution is 5.94. The smallest absolute Gasteiger partial charge is 0.314 e. The van der Waals surface area contributed by atoms with Crippen molar-refractivity contribution in [2.75, 3.05) is 0 Å². The Morgan fingerprint density at radius 3 is 2.53 bits per heavy atom. The van der Waals surface area contributed by atoms with E-state index in [1.165, 1.54) is 6.20 Å². The van der Waals surface area contributed by atoms with Gasteiger partial charge in [0.25, 0.3) is 0 Å². The molecular formula is C10H17N3O2. The fourth-order valence-electron chi connectivity index (χ4n) is 1.37.